The van der Waals surface area contributed by atoms with Crippen molar-refractivity contribution in [1.82, 2.24) is 0 Å². The number of hydrogen-bond donors (Lipinski definition) is 3. The molecule has 5 heteroatoms. The molecule has 0 atom stereocenters. The van der Waals surface area contributed by atoms with Crippen LogP contribution in [0.1, 0.15) is 11.1 Å². The van der Waals surface area contributed by atoms with Crippen LogP contribution >= 0.6 is 11.6 Å². The van der Waals surface area contributed by atoms with Gasteiger partial charge < -0.3 is 16.0 Å². The van der Waals surface area contributed by atoms with Crippen molar-refractivity contribution in [2.24, 2.45) is 0 Å². The first-order valence-corrected chi connectivity index (χ1v) is 7.31. The highest BCUT2D eigenvalue weighted by Crippen LogP contribution is 2.29. The average Bonchev–Trinajstić information content (AvgIpc) is 2.82. The number of halogens is 1. The number of amides is 2. The van der Waals surface area contributed by atoms with Crippen molar-refractivity contribution in [3.8, 4) is 0 Å². The first kappa shape index (κ1) is 14.5. The van der Waals surface area contributed by atoms with Gasteiger partial charge >= 0.3 is 6.03 Å². The number of aryl methyl sites for hydroxylation is 1. The van der Waals surface area contributed by atoms with E-state index in [1.54, 1.807) is 12.1 Å². The van der Waals surface area contributed by atoms with Gasteiger partial charge in [0.2, 0.25) is 0 Å². The topological polar surface area (TPSA) is 53.2 Å². The number of urea groups is 1. The molecule has 0 aliphatic carbocycles. The molecule has 1 heterocycles. The number of carbonyl (C=O) groups excluding carboxylic acids is 1. The molecule has 0 saturated heterocycles. The SMILES string of the molecule is C=C1Cc2cc(NC(=O)Nc3ccc(Cl)c(C)c3)ccc2N1. The Kier molecular flexibility index (Phi) is 3.77. The standard InChI is InChI=1S/C17H16ClN3O/c1-10-7-13(3-5-15(10)18)20-17(22)21-14-4-6-16-12(9-14)8-11(2)19-16/h3-7,9,19H,2,8H2,1H3,(H2,20,21,22). The van der Waals surface area contributed by atoms with Gasteiger partial charge in [-0.1, -0.05) is 18.2 Å². The maximum atomic E-state index is 12.1. The number of benzene rings is 2. The minimum atomic E-state index is -0.286. The Balaban J connectivity index is 1.68. The molecule has 2 aromatic rings. The largest absolute Gasteiger partial charge is 0.359 e. The van der Waals surface area contributed by atoms with E-state index >= 15 is 0 Å². The van der Waals surface area contributed by atoms with Crippen LogP contribution in [0.5, 0.6) is 0 Å². The predicted molar refractivity (Wildman–Crippen MR) is 91.7 cm³/mol. The zero-order chi connectivity index (χ0) is 15.7. The highest BCUT2D eigenvalue weighted by atomic mass is 35.5. The molecule has 2 amide bonds. The van der Waals surface area contributed by atoms with Crippen LogP contribution < -0.4 is 16.0 Å². The van der Waals surface area contributed by atoms with Gasteiger partial charge in [-0.3, -0.25) is 0 Å². The Morgan fingerprint density at radius 2 is 1.86 bits per heavy atom. The fraction of sp³-hybridized carbons (Fsp3) is 0.118. The van der Waals surface area contributed by atoms with E-state index in [2.05, 4.69) is 22.5 Å². The summed E-state index contributed by atoms with van der Waals surface area (Å²) < 4.78 is 0. The summed E-state index contributed by atoms with van der Waals surface area (Å²) in [6, 6.07) is 10.8. The molecule has 0 saturated carbocycles. The lowest BCUT2D eigenvalue weighted by Crippen LogP contribution is -2.19. The molecule has 3 rings (SSSR count). The summed E-state index contributed by atoms with van der Waals surface area (Å²) in [5.74, 6) is 0. The number of allylic oxidation sites excluding steroid dienone is 1. The Morgan fingerprint density at radius 3 is 2.59 bits per heavy atom. The van der Waals surface area contributed by atoms with E-state index in [1.165, 1.54) is 0 Å². The summed E-state index contributed by atoms with van der Waals surface area (Å²) in [6.45, 7) is 5.80. The summed E-state index contributed by atoms with van der Waals surface area (Å²) in [7, 11) is 0. The lowest BCUT2D eigenvalue weighted by molar-refractivity contribution is 0.262. The Morgan fingerprint density at radius 1 is 1.18 bits per heavy atom. The fourth-order valence-electron chi connectivity index (χ4n) is 2.42. The maximum absolute atomic E-state index is 12.1. The van der Waals surface area contributed by atoms with Gasteiger partial charge in [-0.2, -0.15) is 0 Å². The predicted octanol–water partition coefficient (Wildman–Crippen LogP) is 4.77. The number of fused-ring (bicyclic) bond motifs is 1. The van der Waals surface area contributed by atoms with E-state index in [9.17, 15) is 4.79 Å². The van der Waals surface area contributed by atoms with Gasteiger partial charge in [0.1, 0.15) is 0 Å². The van der Waals surface area contributed by atoms with Crippen LogP contribution in [0.4, 0.5) is 21.9 Å². The van der Waals surface area contributed by atoms with Gasteiger partial charge in [-0.05, 0) is 54.4 Å². The third kappa shape index (κ3) is 3.07. The molecule has 22 heavy (non-hydrogen) atoms. The number of hydrogen-bond acceptors (Lipinski definition) is 2. The molecule has 0 radical (unpaired) electrons. The van der Waals surface area contributed by atoms with Crippen LogP contribution in [0.3, 0.4) is 0 Å². The lowest BCUT2D eigenvalue weighted by atomic mass is 10.1. The molecule has 0 unspecified atom stereocenters. The Hall–Kier alpha value is -2.46. The lowest BCUT2D eigenvalue weighted by Gasteiger charge is -2.10. The number of carbonyl (C=O) groups is 1. The van der Waals surface area contributed by atoms with Crippen LogP contribution in [0.25, 0.3) is 0 Å². The molecule has 0 aromatic heterocycles. The van der Waals surface area contributed by atoms with Crippen molar-refractivity contribution in [3.63, 3.8) is 0 Å². The third-order valence-corrected chi connectivity index (χ3v) is 3.92. The second kappa shape index (κ2) is 5.73. The van der Waals surface area contributed by atoms with E-state index < -0.39 is 0 Å². The third-order valence-electron chi connectivity index (χ3n) is 3.49. The second-order valence-electron chi connectivity index (χ2n) is 5.32. The van der Waals surface area contributed by atoms with Crippen LogP contribution in [0, 0.1) is 6.92 Å². The number of anilines is 3. The molecular weight excluding hydrogens is 298 g/mol. The van der Waals surface area contributed by atoms with Crippen molar-refractivity contribution in [3.05, 3.63) is 64.8 Å². The number of rotatable bonds is 2. The molecule has 3 N–H and O–H groups in total. The average molecular weight is 314 g/mol. The molecule has 1 aliphatic heterocycles. The zero-order valence-electron chi connectivity index (χ0n) is 12.2. The van der Waals surface area contributed by atoms with Gasteiger partial charge in [0.15, 0.2) is 0 Å². The minimum absolute atomic E-state index is 0.286. The van der Waals surface area contributed by atoms with E-state index in [1.807, 2.05) is 31.2 Å². The normalized spacial score (nSPS) is 12.5. The summed E-state index contributed by atoms with van der Waals surface area (Å²) >= 11 is 5.97. The van der Waals surface area contributed by atoms with Crippen LogP contribution in [-0.2, 0) is 6.42 Å². The molecule has 0 fully saturated rings. The highest BCUT2D eigenvalue weighted by molar-refractivity contribution is 6.31. The van der Waals surface area contributed by atoms with Crippen molar-refractivity contribution >= 4 is 34.7 Å². The summed E-state index contributed by atoms with van der Waals surface area (Å²) in [4.78, 5) is 12.1. The van der Waals surface area contributed by atoms with Crippen molar-refractivity contribution in [1.29, 1.82) is 0 Å². The van der Waals surface area contributed by atoms with Crippen molar-refractivity contribution in [2.75, 3.05) is 16.0 Å². The van der Waals surface area contributed by atoms with Crippen LogP contribution in [0.2, 0.25) is 5.02 Å². The van der Waals surface area contributed by atoms with E-state index in [0.29, 0.717) is 10.7 Å². The van der Waals surface area contributed by atoms with Crippen LogP contribution in [-0.4, -0.2) is 6.03 Å². The van der Waals surface area contributed by atoms with Gasteiger partial charge in [0.05, 0.1) is 0 Å². The molecule has 1 aliphatic rings. The summed E-state index contributed by atoms with van der Waals surface area (Å²) in [6.07, 6.45) is 0.781. The Labute approximate surface area is 134 Å². The molecule has 0 bridgehead atoms. The molecule has 2 aromatic carbocycles. The molecular formula is C17H16ClN3O. The smallest absolute Gasteiger partial charge is 0.323 e. The zero-order valence-corrected chi connectivity index (χ0v) is 12.9. The van der Waals surface area contributed by atoms with Gasteiger partial charge in [-0.25, -0.2) is 4.79 Å². The van der Waals surface area contributed by atoms with Crippen LogP contribution in [0.15, 0.2) is 48.7 Å². The molecule has 0 spiro atoms. The van der Waals surface area contributed by atoms with Crippen molar-refractivity contribution < 1.29 is 4.79 Å². The van der Waals surface area contributed by atoms with E-state index in [-0.39, 0.29) is 6.03 Å². The second-order valence-corrected chi connectivity index (χ2v) is 5.73. The van der Waals surface area contributed by atoms with Gasteiger partial charge in [0.25, 0.3) is 0 Å². The van der Waals surface area contributed by atoms with Gasteiger partial charge in [-0.15, -0.1) is 0 Å². The summed E-state index contributed by atoms with van der Waals surface area (Å²) in [5.41, 5.74) is 5.51. The quantitative estimate of drug-likeness (QED) is 0.747. The monoisotopic (exact) mass is 313 g/mol. The number of nitrogens with one attached hydrogen (secondary N) is 3. The van der Waals surface area contributed by atoms with E-state index in [4.69, 9.17) is 11.6 Å². The van der Waals surface area contributed by atoms with E-state index in [0.717, 1.165) is 34.6 Å². The maximum Gasteiger partial charge on any atom is 0.323 e. The molecule has 112 valence electrons. The van der Waals surface area contributed by atoms with Gasteiger partial charge in [0, 0.05) is 34.2 Å². The first-order chi connectivity index (χ1) is 10.5. The fourth-order valence-corrected chi connectivity index (χ4v) is 2.54. The first-order valence-electron chi connectivity index (χ1n) is 6.93. The van der Waals surface area contributed by atoms with Crippen molar-refractivity contribution in [2.45, 2.75) is 13.3 Å². The highest BCUT2D eigenvalue weighted by Gasteiger charge is 2.14. The summed E-state index contributed by atoms with van der Waals surface area (Å²) in [5, 5.41) is 9.49. The Bertz CT molecular complexity index is 770. The minimum Gasteiger partial charge on any atom is -0.359 e. The molecule has 4 nitrogen and oxygen atoms in total.